The number of nitrogens with one attached hydrogen (secondary N) is 2. The number of rotatable bonds is 5. The fraction of sp³-hybridized carbons (Fsp3) is 0.222. The molecule has 0 aromatic heterocycles. The van der Waals surface area contributed by atoms with E-state index in [2.05, 4.69) is 10.6 Å². The van der Waals surface area contributed by atoms with Crippen molar-refractivity contribution < 1.29 is 14.0 Å². The standard InChI is InChI=1S/C18H18ClFN2O2/c1-3-11(2)21-18(24)14-6-4-5-7-16(14)22-17(23)13-9-8-12(19)10-15(13)20/h4-11H,3H2,1-2H3,(H,21,24)(H,22,23)/t11-/m0/s1. The molecule has 1 atom stereocenters. The van der Waals surface area contributed by atoms with Crippen LogP contribution in [0.15, 0.2) is 42.5 Å². The van der Waals surface area contributed by atoms with Gasteiger partial charge in [-0.25, -0.2) is 4.39 Å². The van der Waals surface area contributed by atoms with E-state index in [4.69, 9.17) is 11.6 Å². The molecule has 0 heterocycles. The molecule has 0 aliphatic rings. The van der Waals surface area contributed by atoms with Crippen LogP contribution in [-0.4, -0.2) is 17.9 Å². The molecule has 4 nitrogen and oxygen atoms in total. The number of benzene rings is 2. The van der Waals surface area contributed by atoms with Crippen LogP contribution in [0.5, 0.6) is 0 Å². The summed E-state index contributed by atoms with van der Waals surface area (Å²) in [6.07, 6.45) is 0.788. The lowest BCUT2D eigenvalue weighted by molar-refractivity contribution is 0.0940. The number of anilines is 1. The van der Waals surface area contributed by atoms with E-state index >= 15 is 0 Å². The molecule has 6 heteroatoms. The van der Waals surface area contributed by atoms with Gasteiger partial charge in [0.2, 0.25) is 0 Å². The molecule has 0 aliphatic heterocycles. The second-order valence-corrected chi connectivity index (χ2v) is 5.84. The van der Waals surface area contributed by atoms with Crippen molar-refractivity contribution in [2.45, 2.75) is 26.3 Å². The SMILES string of the molecule is CC[C@H](C)NC(=O)c1ccccc1NC(=O)c1ccc(Cl)cc1F. The fourth-order valence-corrected chi connectivity index (χ4v) is 2.22. The molecule has 0 saturated carbocycles. The van der Waals surface area contributed by atoms with Crippen LogP contribution < -0.4 is 10.6 Å². The molecule has 2 N–H and O–H groups in total. The van der Waals surface area contributed by atoms with Gasteiger partial charge >= 0.3 is 0 Å². The molecule has 0 bridgehead atoms. The summed E-state index contributed by atoms with van der Waals surface area (Å²) in [4.78, 5) is 24.6. The molecule has 2 amide bonds. The lowest BCUT2D eigenvalue weighted by Crippen LogP contribution is -2.32. The molecule has 2 aromatic carbocycles. The highest BCUT2D eigenvalue weighted by atomic mass is 35.5. The summed E-state index contributed by atoms with van der Waals surface area (Å²) in [7, 11) is 0. The quantitative estimate of drug-likeness (QED) is 0.848. The first-order chi connectivity index (χ1) is 11.4. The van der Waals surface area contributed by atoms with E-state index in [9.17, 15) is 14.0 Å². The molecule has 0 aliphatic carbocycles. The predicted octanol–water partition coefficient (Wildman–Crippen LogP) is 4.26. The Morgan fingerprint density at radius 3 is 2.50 bits per heavy atom. The molecule has 2 rings (SSSR count). The fourth-order valence-electron chi connectivity index (χ4n) is 2.06. The largest absolute Gasteiger partial charge is 0.350 e. The third-order valence-electron chi connectivity index (χ3n) is 3.59. The number of hydrogen-bond acceptors (Lipinski definition) is 2. The van der Waals surface area contributed by atoms with Crippen LogP contribution in [0.1, 0.15) is 41.0 Å². The Morgan fingerprint density at radius 1 is 1.12 bits per heavy atom. The second-order valence-electron chi connectivity index (χ2n) is 5.41. The average Bonchev–Trinajstić information content (AvgIpc) is 2.54. The van der Waals surface area contributed by atoms with Crippen LogP contribution >= 0.6 is 11.6 Å². The molecule has 126 valence electrons. The molecule has 0 radical (unpaired) electrons. The molecule has 24 heavy (non-hydrogen) atoms. The predicted molar refractivity (Wildman–Crippen MR) is 93.0 cm³/mol. The van der Waals surface area contributed by atoms with Crippen molar-refractivity contribution >= 4 is 29.1 Å². The number of carbonyl (C=O) groups is 2. The maximum absolute atomic E-state index is 13.9. The highest BCUT2D eigenvalue weighted by Gasteiger charge is 2.17. The van der Waals surface area contributed by atoms with Crippen LogP contribution in [0.4, 0.5) is 10.1 Å². The minimum absolute atomic E-state index is 0.00923. The van der Waals surface area contributed by atoms with Crippen LogP contribution in [0.2, 0.25) is 5.02 Å². The van der Waals surface area contributed by atoms with Gasteiger partial charge < -0.3 is 10.6 Å². The van der Waals surface area contributed by atoms with Gasteiger partial charge in [-0.2, -0.15) is 0 Å². The number of carbonyl (C=O) groups excluding carboxylic acids is 2. The Balaban J connectivity index is 2.23. The zero-order chi connectivity index (χ0) is 17.7. The summed E-state index contributed by atoms with van der Waals surface area (Å²) >= 11 is 5.69. The summed E-state index contributed by atoms with van der Waals surface area (Å²) in [5, 5.41) is 5.62. The zero-order valence-electron chi connectivity index (χ0n) is 13.4. The summed E-state index contributed by atoms with van der Waals surface area (Å²) in [5.41, 5.74) is 0.495. The monoisotopic (exact) mass is 348 g/mol. The van der Waals surface area contributed by atoms with Crippen molar-refractivity contribution in [2.24, 2.45) is 0 Å². The first-order valence-electron chi connectivity index (χ1n) is 7.58. The summed E-state index contributed by atoms with van der Waals surface area (Å²) in [6, 6.07) is 10.4. The maximum atomic E-state index is 13.9. The second kappa shape index (κ2) is 7.93. The van der Waals surface area contributed by atoms with Crippen LogP contribution in [-0.2, 0) is 0 Å². The first kappa shape index (κ1) is 17.9. The van der Waals surface area contributed by atoms with Gasteiger partial charge in [-0.05, 0) is 43.7 Å². The Morgan fingerprint density at radius 2 is 1.83 bits per heavy atom. The van der Waals surface area contributed by atoms with Gasteiger partial charge in [0, 0.05) is 11.1 Å². The van der Waals surface area contributed by atoms with Crippen molar-refractivity contribution in [2.75, 3.05) is 5.32 Å². The van der Waals surface area contributed by atoms with Gasteiger partial charge in [0.25, 0.3) is 11.8 Å². The number of amides is 2. The van der Waals surface area contributed by atoms with Gasteiger partial charge in [-0.3, -0.25) is 9.59 Å². The summed E-state index contributed by atoms with van der Waals surface area (Å²) in [5.74, 6) is -1.66. The number of halogens is 2. The summed E-state index contributed by atoms with van der Waals surface area (Å²) < 4.78 is 13.9. The van der Waals surface area contributed by atoms with Crippen molar-refractivity contribution in [1.82, 2.24) is 5.32 Å². The van der Waals surface area contributed by atoms with Crippen molar-refractivity contribution in [1.29, 1.82) is 0 Å². The average molecular weight is 349 g/mol. The van der Waals surface area contributed by atoms with Crippen molar-refractivity contribution in [3.63, 3.8) is 0 Å². The third kappa shape index (κ3) is 4.32. The molecule has 0 saturated heterocycles. The van der Waals surface area contributed by atoms with E-state index in [1.165, 1.54) is 12.1 Å². The first-order valence-corrected chi connectivity index (χ1v) is 7.96. The number of para-hydroxylation sites is 1. The normalized spacial score (nSPS) is 11.7. The zero-order valence-corrected chi connectivity index (χ0v) is 14.2. The van der Waals surface area contributed by atoms with Crippen LogP contribution in [0, 0.1) is 5.82 Å². The van der Waals surface area contributed by atoms with E-state index in [-0.39, 0.29) is 22.5 Å². The molecule has 0 spiro atoms. The van der Waals surface area contributed by atoms with E-state index < -0.39 is 11.7 Å². The Bertz CT molecular complexity index is 764. The molecule has 0 unspecified atom stereocenters. The van der Waals surface area contributed by atoms with Gasteiger partial charge in [0.05, 0.1) is 16.8 Å². The topological polar surface area (TPSA) is 58.2 Å². The number of hydrogen-bond donors (Lipinski definition) is 2. The van der Waals surface area contributed by atoms with Crippen molar-refractivity contribution in [3.8, 4) is 0 Å². The summed E-state index contributed by atoms with van der Waals surface area (Å²) in [6.45, 7) is 3.85. The minimum Gasteiger partial charge on any atom is -0.350 e. The van der Waals surface area contributed by atoms with Gasteiger partial charge in [-0.15, -0.1) is 0 Å². The lowest BCUT2D eigenvalue weighted by Gasteiger charge is -2.14. The third-order valence-corrected chi connectivity index (χ3v) is 3.82. The van der Waals surface area contributed by atoms with Crippen LogP contribution in [0.25, 0.3) is 0 Å². The minimum atomic E-state index is -0.721. The van der Waals surface area contributed by atoms with Gasteiger partial charge in [0.1, 0.15) is 5.82 Å². The highest BCUT2D eigenvalue weighted by molar-refractivity contribution is 6.30. The smallest absolute Gasteiger partial charge is 0.258 e. The van der Waals surface area contributed by atoms with Gasteiger partial charge in [0.15, 0.2) is 0 Å². The Kier molecular flexibility index (Phi) is 5.93. The molecular formula is C18H18ClFN2O2. The van der Waals surface area contributed by atoms with Gasteiger partial charge in [-0.1, -0.05) is 30.7 Å². The molecule has 2 aromatic rings. The van der Waals surface area contributed by atoms with Crippen molar-refractivity contribution in [3.05, 3.63) is 64.4 Å². The molecule has 0 fully saturated rings. The molecular weight excluding hydrogens is 331 g/mol. The Labute approximate surface area is 145 Å². The van der Waals surface area contributed by atoms with Crippen LogP contribution in [0.3, 0.4) is 0 Å². The maximum Gasteiger partial charge on any atom is 0.258 e. The lowest BCUT2D eigenvalue weighted by atomic mass is 10.1. The highest BCUT2D eigenvalue weighted by Crippen LogP contribution is 2.19. The Hall–Kier alpha value is -2.40. The van der Waals surface area contributed by atoms with E-state index in [1.54, 1.807) is 24.3 Å². The van der Waals surface area contributed by atoms with E-state index in [0.717, 1.165) is 12.5 Å². The van der Waals surface area contributed by atoms with E-state index in [1.807, 2.05) is 13.8 Å². The van der Waals surface area contributed by atoms with E-state index in [0.29, 0.717) is 11.3 Å².